The highest BCUT2D eigenvalue weighted by Crippen LogP contribution is 2.38. The van der Waals surface area contributed by atoms with Crippen LogP contribution in [0.25, 0.3) is 0 Å². The molecule has 10 heteroatoms. The average molecular weight is 474 g/mol. The minimum atomic E-state index is -0.480. The molecule has 33 heavy (non-hydrogen) atoms. The van der Waals surface area contributed by atoms with E-state index in [1.807, 2.05) is 0 Å². The van der Waals surface area contributed by atoms with Gasteiger partial charge in [0.15, 0.2) is 16.6 Å². The summed E-state index contributed by atoms with van der Waals surface area (Å²) in [5.41, 5.74) is 1.13. The molecular formula is C23H27N3O6S. The first-order valence-corrected chi connectivity index (χ1v) is 10.8. The average Bonchev–Trinajstić information content (AvgIpc) is 3.35. The van der Waals surface area contributed by atoms with E-state index in [1.54, 1.807) is 24.3 Å². The summed E-state index contributed by atoms with van der Waals surface area (Å²) in [6, 6.07) is 9.94. The summed E-state index contributed by atoms with van der Waals surface area (Å²) in [6.45, 7) is 1.16. The Bertz CT molecular complexity index is 998. The van der Waals surface area contributed by atoms with Crippen molar-refractivity contribution in [3.63, 3.8) is 0 Å². The van der Waals surface area contributed by atoms with Crippen molar-refractivity contribution in [1.29, 1.82) is 0 Å². The smallest absolute Gasteiger partial charge is 0.257 e. The van der Waals surface area contributed by atoms with Gasteiger partial charge in [-0.15, -0.1) is 0 Å². The predicted molar refractivity (Wildman–Crippen MR) is 128 cm³/mol. The van der Waals surface area contributed by atoms with Crippen molar-refractivity contribution in [3.05, 3.63) is 47.5 Å². The topological polar surface area (TPSA) is 107 Å². The maximum Gasteiger partial charge on any atom is 0.257 e. The van der Waals surface area contributed by atoms with Crippen LogP contribution >= 0.6 is 12.2 Å². The second-order valence-electron chi connectivity index (χ2n) is 7.21. The number of amides is 2. The Kier molecular flexibility index (Phi) is 8.45. The van der Waals surface area contributed by atoms with Gasteiger partial charge in [-0.2, -0.15) is 0 Å². The zero-order valence-electron chi connectivity index (χ0n) is 18.7. The Morgan fingerprint density at radius 1 is 1.06 bits per heavy atom. The van der Waals surface area contributed by atoms with Crippen LogP contribution in [0.15, 0.2) is 36.4 Å². The number of hydrogen-bond donors (Lipinski definition) is 3. The predicted octanol–water partition coefficient (Wildman–Crippen LogP) is 2.75. The fourth-order valence-electron chi connectivity index (χ4n) is 3.44. The first-order chi connectivity index (χ1) is 16.0. The molecule has 3 N–H and O–H groups in total. The van der Waals surface area contributed by atoms with Crippen LogP contribution in [-0.4, -0.2) is 57.5 Å². The standard InChI is InChI=1S/C23H27N3O6S/c1-29-18-11-14(12-19(30-2)20(18)31-3)21(27)26-23(33)25-17-9-5-4-8-16(17)22(28)24-13-15-7-6-10-32-15/h4-5,8-9,11-12,15H,6-7,10,13H2,1-3H3,(H,24,28)(H2,25,26,27,33). The highest BCUT2D eigenvalue weighted by Gasteiger charge is 2.20. The Morgan fingerprint density at radius 3 is 2.36 bits per heavy atom. The lowest BCUT2D eigenvalue weighted by Gasteiger charge is -2.16. The molecule has 0 aromatic heterocycles. The molecule has 2 aromatic rings. The monoisotopic (exact) mass is 473 g/mol. The van der Waals surface area contributed by atoms with Gasteiger partial charge in [-0.3, -0.25) is 14.9 Å². The molecule has 1 atom stereocenters. The lowest BCUT2D eigenvalue weighted by Crippen LogP contribution is -2.36. The lowest BCUT2D eigenvalue weighted by atomic mass is 10.1. The molecule has 1 aliphatic heterocycles. The van der Waals surface area contributed by atoms with Crippen molar-refractivity contribution in [2.24, 2.45) is 0 Å². The van der Waals surface area contributed by atoms with Gasteiger partial charge in [0, 0.05) is 18.7 Å². The fourth-order valence-corrected chi connectivity index (χ4v) is 3.64. The quantitative estimate of drug-likeness (QED) is 0.503. The third kappa shape index (κ3) is 6.11. The molecule has 0 bridgehead atoms. The molecular weight excluding hydrogens is 446 g/mol. The van der Waals surface area contributed by atoms with Crippen molar-refractivity contribution >= 4 is 34.8 Å². The zero-order valence-corrected chi connectivity index (χ0v) is 19.5. The maximum atomic E-state index is 12.8. The van der Waals surface area contributed by atoms with Gasteiger partial charge in [-0.05, 0) is 49.3 Å². The summed E-state index contributed by atoms with van der Waals surface area (Å²) in [7, 11) is 4.41. The number of hydrogen-bond acceptors (Lipinski definition) is 7. The van der Waals surface area contributed by atoms with E-state index >= 15 is 0 Å². The molecule has 3 rings (SSSR count). The second kappa shape index (κ2) is 11.5. The van der Waals surface area contributed by atoms with Crippen molar-refractivity contribution in [2.75, 3.05) is 39.8 Å². The van der Waals surface area contributed by atoms with E-state index < -0.39 is 5.91 Å². The van der Waals surface area contributed by atoms with Gasteiger partial charge in [-0.25, -0.2) is 0 Å². The number of anilines is 1. The minimum absolute atomic E-state index is 0.0351. The normalized spacial score (nSPS) is 14.8. The molecule has 1 heterocycles. The molecule has 0 radical (unpaired) electrons. The van der Waals surface area contributed by atoms with E-state index in [0.717, 1.165) is 19.4 Å². The van der Waals surface area contributed by atoms with Crippen LogP contribution < -0.4 is 30.2 Å². The van der Waals surface area contributed by atoms with Crippen molar-refractivity contribution in [1.82, 2.24) is 10.6 Å². The van der Waals surface area contributed by atoms with E-state index in [1.165, 1.54) is 33.5 Å². The number of carbonyl (C=O) groups is 2. The van der Waals surface area contributed by atoms with E-state index in [9.17, 15) is 9.59 Å². The number of benzene rings is 2. The molecule has 0 spiro atoms. The van der Waals surface area contributed by atoms with Gasteiger partial charge in [0.1, 0.15) is 0 Å². The van der Waals surface area contributed by atoms with Gasteiger partial charge < -0.3 is 29.6 Å². The highest BCUT2D eigenvalue weighted by atomic mass is 32.1. The van der Waals surface area contributed by atoms with Crippen LogP contribution in [0.3, 0.4) is 0 Å². The SMILES string of the molecule is COc1cc(C(=O)NC(=S)Nc2ccccc2C(=O)NCC2CCCO2)cc(OC)c1OC. The number of thiocarbonyl (C=S) groups is 1. The van der Waals surface area contributed by atoms with Crippen LogP contribution in [0.2, 0.25) is 0 Å². The van der Waals surface area contributed by atoms with Gasteiger partial charge in [0.2, 0.25) is 5.75 Å². The molecule has 0 aliphatic carbocycles. The summed E-state index contributed by atoms with van der Waals surface area (Å²) in [5.74, 6) is 0.322. The molecule has 2 amide bonds. The van der Waals surface area contributed by atoms with Gasteiger partial charge in [-0.1, -0.05) is 12.1 Å². The molecule has 9 nitrogen and oxygen atoms in total. The molecule has 1 saturated heterocycles. The van der Waals surface area contributed by atoms with Crippen LogP contribution in [0.5, 0.6) is 17.2 Å². The number of para-hydroxylation sites is 1. The van der Waals surface area contributed by atoms with Crippen LogP contribution in [0.1, 0.15) is 33.6 Å². The fraction of sp³-hybridized carbons (Fsp3) is 0.348. The Balaban J connectivity index is 1.67. The van der Waals surface area contributed by atoms with Gasteiger partial charge >= 0.3 is 0 Å². The van der Waals surface area contributed by atoms with Crippen LogP contribution in [-0.2, 0) is 4.74 Å². The molecule has 0 saturated carbocycles. The summed E-state index contributed by atoms with van der Waals surface area (Å²) >= 11 is 5.30. The first-order valence-electron chi connectivity index (χ1n) is 10.4. The second-order valence-corrected chi connectivity index (χ2v) is 7.62. The zero-order chi connectivity index (χ0) is 23.8. The van der Waals surface area contributed by atoms with Gasteiger partial charge in [0.05, 0.1) is 38.7 Å². The van der Waals surface area contributed by atoms with Crippen LogP contribution in [0, 0.1) is 0 Å². The van der Waals surface area contributed by atoms with Crippen molar-refractivity contribution in [2.45, 2.75) is 18.9 Å². The first kappa shape index (κ1) is 24.3. The summed E-state index contributed by atoms with van der Waals surface area (Å²) in [4.78, 5) is 25.4. The van der Waals surface area contributed by atoms with Gasteiger partial charge in [0.25, 0.3) is 11.8 Å². The number of rotatable bonds is 8. The van der Waals surface area contributed by atoms with E-state index in [2.05, 4.69) is 16.0 Å². The summed E-state index contributed by atoms with van der Waals surface area (Å²) in [5, 5.41) is 8.44. The van der Waals surface area contributed by atoms with Crippen molar-refractivity contribution < 1.29 is 28.5 Å². The van der Waals surface area contributed by atoms with E-state index in [0.29, 0.717) is 35.0 Å². The number of nitrogens with one attached hydrogen (secondary N) is 3. The highest BCUT2D eigenvalue weighted by molar-refractivity contribution is 7.80. The molecule has 176 valence electrons. The Hall–Kier alpha value is -3.37. The number of ether oxygens (including phenoxy) is 4. The third-order valence-electron chi connectivity index (χ3n) is 5.09. The Labute approximate surface area is 197 Å². The molecule has 1 aliphatic rings. The molecule has 1 unspecified atom stereocenters. The molecule has 2 aromatic carbocycles. The van der Waals surface area contributed by atoms with E-state index in [-0.39, 0.29) is 22.7 Å². The summed E-state index contributed by atoms with van der Waals surface area (Å²) in [6.07, 6.45) is 1.96. The number of methoxy groups -OCH3 is 3. The lowest BCUT2D eigenvalue weighted by molar-refractivity contribution is 0.0858. The van der Waals surface area contributed by atoms with Crippen molar-refractivity contribution in [3.8, 4) is 17.2 Å². The summed E-state index contributed by atoms with van der Waals surface area (Å²) < 4.78 is 21.4. The van der Waals surface area contributed by atoms with E-state index in [4.69, 9.17) is 31.2 Å². The molecule has 1 fully saturated rings. The number of carbonyl (C=O) groups excluding carboxylic acids is 2. The van der Waals surface area contributed by atoms with Crippen LogP contribution in [0.4, 0.5) is 5.69 Å². The third-order valence-corrected chi connectivity index (χ3v) is 5.29. The largest absolute Gasteiger partial charge is 0.493 e. The Morgan fingerprint density at radius 2 is 1.76 bits per heavy atom. The minimum Gasteiger partial charge on any atom is -0.493 e. The maximum absolute atomic E-state index is 12.8.